The summed E-state index contributed by atoms with van der Waals surface area (Å²) in [5.74, 6) is -3.07. The zero-order chi connectivity index (χ0) is 25.2. The van der Waals surface area contributed by atoms with Crippen LogP contribution in [0.1, 0.15) is 26.5 Å². The molecule has 0 aliphatic carbocycles. The van der Waals surface area contributed by atoms with Gasteiger partial charge in [0.2, 0.25) is 6.61 Å². The number of amides is 2. The Bertz CT molecular complexity index is 1080. The van der Waals surface area contributed by atoms with E-state index in [-0.39, 0.29) is 33.7 Å². The van der Waals surface area contributed by atoms with E-state index in [1.165, 1.54) is 24.3 Å². The molecule has 1 aromatic rings. The van der Waals surface area contributed by atoms with Crippen LogP contribution in [0.25, 0.3) is 0 Å². The highest BCUT2D eigenvalue weighted by Crippen LogP contribution is 2.40. The lowest BCUT2D eigenvalue weighted by molar-refractivity contribution is -0.160. The zero-order valence-corrected chi connectivity index (χ0v) is 20.3. The number of carboxylic acids is 1. The van der Waals surface area contributed by atoms with E-state index in [4.69, 9.17) is 20.0 Å². The van der Waals surface area contributed by atoms with Gasteiger partial charge in [-0.2, -0.15) is 0 Å². The molecule has 34 heavy (non-hydrogen) atoms. The van der Waals surface area contributed by atoms with Crippen molar-refractivity contribution >= 4 is 57.7 Å². The van der Waals surface area contributed by atoms with Crippen LogP contribution < -0.4 is 11.1 Å². The van der Waals surface area contributed by atoms with Crippen molar-refractivity contribution < 1.29 is 38.6 Å². The third-order valence-electron chi connectivity index (χ3n) is 4.41. The minimum Gasteiger partial charge on any atom is -0.498 e. The Balaban J connectivity index is 1.74. The monoisotopic (exact) mass is 513 g/mol. The maximum absolute atomic E-state index is 13.0. The number of fused-ring (bicyclic) bond motifs is 1. The quantitative estimate of drug-likeness (QED) is 0.186. The summed E-state index contributed by atoms with van der Waals surface area (Å²) in [6, 6.07) is -1.02. The van der Waals surface area contributed by atoms with Crippen molar-refractivity contribution in [3.05, 3.63) is 22.5 Å². The average Bonchev–Trinajstić information content (AvgIpc) is 3.18. The fourth-order valence-electron chi connectivity index (χ4n) is 3.08. The SMILES string of the molecule is COC1=C(C(=O)O)N2C(=O)C(NC(=O)C(=NOCC(=O)OC(C)(C)C)c3csc(N)n3)[C@@H]2SC1. The summed E-state index contributed by atoms with van der Waals surface area (Å²) in [5.41, 5.74) is 4.43. The lowest BCUT2D eigenvalue weighted by Gasteiger charge is -2.48. The molecule has 13 nitrogen and oxygen atoms in total. The number of hydrogen-bond donors (Lipinski definition) is 3. The van der Waals surface area contributed by atoms with Gasteiger partial charge in [-0.15, -0.1) is 23.1 Å². The summed E-state index contributed by atoms with van der Waals surface area (Å²) in [7, 11) is 1.32. The molecular weight excluding hydrogens is 490 g/mol. The molecule has 3 heterocycles. The molecule has 0 spiro atoms. The van der Waals surface area contributed by atoms with Crippen molar-refractivity contribution in [1.29, 1.82) is 0 Å². The second-order valence-electron chi connectivity index (χ2n) is 8.01. The van der Waals surface area contributed by atoms with E-state index in [1.54, 1.807) is 20.8 Å². The Morgan fingerprint density at radius 1 is 1.38 bits per heavy atom. The van der Waals surface area contributed by atoms with Crippen molar-refractivity contribution in [3.63, 3.8) is 0 Å². The van der Waals surface area contributed by atoms with Crippen LogP contribution in [0.5, 0.6) is 0 Å². The Kier molecular flexibility index (Phi) is 7.35. The smallest absolute Gasteiger partial charge is 0.356 e. The van der Waals surface area contributed by atoms with Gasteiger partial charge in [-0.1, -0.05) is 5.16 Å². The number of anilines is 1. The number of aromatic nitrogens is 1. The molecule has 2 atom stereocenters. The van der Waals surface area contributed by atoms with Gasteiger partial charge in [0, 0.05) is 5.38 Å². The molecule has 2 aliphatic heterocycles. The van der Waals surface area contributed by atoms with Gasteiger partial charge in [-0.3, -0.25) is 14.5 Å². The zero-order valence-electron chi connectivity index (χ0n) is 18.7. The Hall–Kier alpha value is -3.33. The number of oxime groups is 1. The molecule has 1 saturated heterocycles. The number of hydrogen-bond acceptors (Lipinski definition) is 12. The number of ether oxygens (including phenoxy) is 2. The van der Waals surface area contributed by atoms with E-state index in [1.807, 2.05) is 0 Å². The molecule has 0 radical (unpaired) electrons. The summed E-state index contributed by atoms with van der Waals surface area (Å²) in [4.78, 5) is 59.2. The minimum absolute atomic E-state index is 0.0805. The van der Waals surface area contributed by atoms with Gasteiger partial charge in [0.25, 0.3) is 11.8 Å². The number of β-lactam (4-membered cyclic amide) rings is 1. The van der Waals surface area contributed by atoms with Crippen LogP contribution in [0.3, 0.4) is 0 Å². The number of aliphatic carboxylic acids is 1. The number of thiazole rings is 1. The first kappa shape index (κ1) is 25.3. The van der Waals surface area contributed by atoms with E-state index in [0.29, 0.717) is 0 Å². The fraction of sp³-hybridized carbons (Fsp3) is 0.474. The van der Waals surface area contributed by atoms with E-state index >= 15 is 0 Å². The van der Waals surface area contributed by atoms with Crippen molar-refractivity contribution in [1.82, 2.24) is 15.2 Å². The number of carbonyl (C=O) groups excluding carboxylic acids is 3. The first-order valence-corrected chi connectivity index (χ1v) is 11.7. The predicted molar refractivity (Wildman–Crippen MR) is 122 cm³/mol. The van der Waals surface area contributed by atoms with E-state index < -0.39 is 47.4 Å². The molecule has 1 aromatic heterocycles. The molecule has 0 aromatic carbocycles. The summed E-state index contributed by atoms with van der Waals surface area (Å²) < 4.78 is 10.2. The number of methoxy groups -OCH3 is 1. The summed E-state index contributed by atoms with van der Waals surface area (Å²) in [5, 5.41) is 16.7. The topological polar surface area (TPSA) is 183 Å². The Morgan fingerprint density at radius 3 is 2.65 bits per heavy atom. The molecule has 2 amide bonds. The van der Waals surface area contributed by atoms with Gasteiger partial charge in [0.15, 0.2) is 16.5 Å². The second kappa shape index (κ2) is 9.89. The third-order valence-corrected chi connectivity index (χ3v) is 6.33. The summed E-state index contributed by atoms with van der Waals surface area (Å²) in [6.07, 6.45) is 0. The van der Waals surface area contributed by atoms with Crippen LogP contribution in [0.2, 0.25) is 0 Å². The number of carboxylic acid groups (broad SMARTS) is 1. The highest BCUT2D eigenvalue weighted by atomic mass is 32.2. The van der Waals surface area contributed by atoms with Crippen molar-refractivity contribution in [2.75, 3.05) is 25.2 Å². The Morgan fingerprint density at radius 2 is 2.09 bits per heavy atom. The maximum Gasteiger partial charge on any atom is 0.356 e. The van der Waals surface area contributed by atoms with Gasteiger partial charge >= 0.3 is 11.9 Å². The second-order valence-corrected chi connectivity index (χ2v) is 10.0. The highest BCUT2D eigenvalue weighted by Gasteiger charge is 2.55. The number of nitrogens with one attached hydrogen (secondary N) is 1. The fourth-order valence-corrected chi connectivity index (χ4v) is 4.94. The molecule has 15 heteroatoms. The van der Waals surface area contributed by atoms with Gasteiger partial charge in [-0.05, 0) is 20.8 Å². The average molecular weight is 514 g/mol. The molecule has 184 valence electrons. The minimum atomic E-state index is -1.31. The molecule has 1 unspecified atom stereocenters. The molecule has 1 fully saturated rings. The van der Waals surface area contributed by atoms with Gasteiger partial charge in [0.1, 0.15) is 28.5 Å². The lowest BCUT2D eigenvalue weighted by Crippen LogP contribution is -2.71. The predicted octanol–water partition coefficient (Wildman–Crippen LogP) is 0.130. The molecule has 0 bridgehead atoms. The molecular formula is C19H23N5O8S2. The first-order valence-electron chi connectivity index (χ1n) is 9.82. The molecule has 3 rings (SSSR count). The molecule has 2 aliphatic rings. The Labute approximate surface area is 202 Å². The van der Waals surface area contributed by atoms with Crippen LogP contribution in [0.15, 0.2) is 22.0 Å². The molecule has 4 N–H and O–H groups in total. The maximum atomic E-state index is 13.0. The number of nitrogen functional groups attached to an aromatic ring is 1. The van der Waals surface area contributed by atoms with Gasteiger partial charge < -0.3 is 30.5 Å². The number of nitrogens with two attached hydrogens (primary N) is 1. The van der Waals surface area contributed by atoms with Crippen LogP contribution in [-0.2, 0) is 33.5 Å². The van der Waals surface area contributed by atoms with Gasteiger partial charge in [-0.25, -0.2) is 14.6 Å². The van der Waals surface area contributed by atoms with E-state index in [9.17, 15) is 24.3 Å². The number of thioether (sulfide) groups is 1. The number of nitrogens with zero attached hydrogens (tertiary/aromatic N) is 3. The van der Waals surface area contributed by atoms with Gasteiger partial charge in [0.05, 0.1) is 12.9 Å². The standard InChI is InChI=1S/C19H23N5O8S2/c1-19(2,3)32-10(25)5-31-23-11(8-6-34-18(20)21-8)14(26)22-12-15(27)24-13(17(28)29)9(30-4)7-33-16(12)24/h6,12,16H,5,7H2,1-4H3,(H2,20,21)(H,22,26)(H,28,29)/t12?,16-/m0/s1. The first-order chi connectivity index (χ1) is 15.9. The van der Waals surface area contributed by atoms with Crippen LogP contribution in [-0.4, -0.2) is 80.9 Å². The normalized spacial score (nSPS) is 20.3. The number of esters is 1. The highest BCUT2D eigenvalue weighted by molar-refractivity contribution is 8.00. The van der Waals surface area contributed by atoms with E-state index in [2.05, 4.69) is 15.5 Å². The van der Waals surface area contributed by atoms with E-state index in [0.717, 1.165) is 16.2 Å². The van der Waals surface area contributed by atoms with Crippen molar-refractivity contribution in [2.45, 2.75) is 37.8 Å². The van der Waals surface area contributed by atoms with Crippen LogP contribution >= 0.6 is 23.1 Å². The van der Waals surface area contributed by atoms with Crippen LogP contribution in [0, 0.1) is 0 Å². The summed E-state index contributed by atoms with van der Waals surface area (Å²) in [6.45, 7) is 4.50. The van der Waals surface area contributed by atoms with Crippen molar-refractivity contribution in [3.8, 4) is 0 Å². The molecule has 0 saturated carbocycles. The van der Waals surface area contributed by atoms with Crippen LogP contribution in [0.4, 0.5) is 5.13 Å². The third kappa shape index (κ3) is 5.41. The van der Waals surface area contributed by atoms with Crippen molar-refractivity contribution in [2.24, 2.45) is 5.16 Å². The summed E-state index contributed by atoms with van der Waals surface area (Å²) >= 11 is 2.29. The number of rotatable bonds is 8. The largest absolute Gasteiger partial charge is 0.498 e. The lowest BCUT2D eigenvalue weighted by atomic mass is 10.0. The number of carbonyl (C=O) groups is 4.